The zero-order valence-electron chi connectivity index (χ0n) is 23.1. The fourth-order valence-corrected chi connectivity index (χ4v) is 7.13. The Morgan fingerprint density at radius 3 is 2.49 bits per heavy atom. The molecule has 8 nitrogen and oxygen atoms in total. The van der Waals surface area contributed by atoms with E-state index in [2.05, 4.69) is 0 Å². The van der Waals surface area contributed by atoms with Crippen LogP contribution in [-0.2, 0) is 21.2 Å². The van der Waals surface area contributed by atoms with Crippen LogP contribution in [0.15, 0.2) is 42.5 Å². The van der Waals surface area contributed by atoms with E-state index in [-0.39, 0.29) is 24.3 Å². The van der Waals surface area contributed by atoms with Crippen LogP contribution >= 0.6 is 0 Å². The highest BCUT2D eigenvalue weighted by atomic mass is 32.2. The number of hydrogen-bond donors (Lipinski definition) is 1. The molecule has 1 aliphatic carbocycles. The molecule has 0 aromatic heterocycles. The molecule has 1 unspecified atom stereocenters. The lowest BCUT2D eigenvalue weighted by molar-refractivity contribution is -0.137. The van der Waals surface area contributed by atoms with Gasteiger partial charge in [0, 0.05) is 23.1 Å². The van der Waals surface area contributed by atoms with Crippen LogP contribution in [0, 0.1) is 19.7 Å². The number of halogens is 1. The summed E-state index contributed by atoms with van der Waals surface area (Å²) in [5, 5.41) is 9.15. The van der Waals surface area contributed by atoms with Crippen LogP contribution in [0.3, 0.4) is 0 Å². The highest BCUT2D eigenvalue weighted by Gasteiger charge is 2.35. The molecule has 41 heavy (non-hydrogen) atoms. The van der Waals surface area contributed by atoms with Crippen molar-refractivity contribution in [3.63, 3.8) is 0 Å². The number of ether oxygens (including phenoxy) is 3. The van der Waals surface area contributed by atoms with Gasteiger partial charge in [0.1, 0.15) is 35.3 Å². The Morgan fingerprint density at radius 2 is 1.80 bits per heavy atom. The Bertz CT molecular complexity index is 1630. The van der Waals surface area contributed by atoms with Gasteiger partial charge in [-0.05, 0) is 78.8 Å². The summed E-state index contributed by atoms with van der Waals surface area (Å²) >= 11 is 0. The lowest BCUT2D eigenvalue weighted by atomic mass is 9.90. The van der Waals surface area contributed by atoms with Gasteiger partial charge in [0.05, 0.1) is 32.4 Å². The van der Waals surface area contributed by atoms with Gasteiger partial charge in [0.25, 0.3) is 0 Å². The van der Waals surface area contributed by atoms with E-state index in [4.69, 9.17) is 19.3 Å². The molecule has 1 N–H and O–H groups in total. The number of aliphatic carboxylic acids is 1. The molecule has 0 saturated carbocycles. The Hall–Kier alpha value is -3.63. The molecule has 2 aliphatic heterocycles. The number of fused-ring (bicyclic) bond motifs is 2. The van der Waals surface area contributed by atoms with Gasteiger partial charge >= 0.3 is 5.97 Å². The van der Waals surface area contributed by atoms with E-state index >= 15 is 4.39 Å². The van der Waals surface area contributed by atoms with E-state index in [9.17, 15) is 13.2 Å². The maximum atomic E-state index is 15.3. The highest BCUT2D eigenvalue weighted by Crippen LogP contribution is 2.45. The summed E-state index contributed by atoms with van der Waals surface area (Å²) in [6.45, 7) is 4.99. The van der Waals surface area contributed by atoms with E-state index in [1.54, 1.807) is 12.1 Å². The van der Waals surface area contributed by atoms with Crippen molar-refractivity contribution in [2.45, 2.75) is 51.2 Å². The Morgan fingerprint density at radius 1 is 1.07 bits per heavy atom. The van der Waals surface area contributed by atoms with Gasteiger partial charge in [0.2, 0.25) is 10.0 Å². The second-order valence-electron chi connectivity index (χ2n) is 11.2. The first kappa shape index (κ1) is 27.5. The number of rotatable bonds is 8. The van der Waals surface area contributed by atoms with Crippen molar-refractivity contribution in [2.24, 2.45) is 0 Å². The first-order valence-electron chi connectivity index (χ1n) is 13.7. The summed E-state index contributed by atoms with van der Waals surface area (Å²) in [6.07, 6.45) is 1.85. The predicted octanol–water partition coefficient (Wildman–Crippen LogP) is 5.15. The fourth-order valence-electron chi connectivity index (χ4n) is 6.25. The molecule has 3 aliphatic rings. The summed E-state index contributed by atoms with van der Waals surface area (Å²) in [7, 11) is -3.21. The zero-order valence-corrected chi connectivity index (χ0v) is 24.0. The molecule has 0 amide bonds. The molecule has 3 aromatic carbocycles. The number of carboxylic acids is 1. The van der Waals surface area contributed by atoms with Crippen LogP contribution < -0.4 is 14.2 Å². The molecular weight excluding hydrogens is 549 g/mol. The molecule has 0 bridgehead atoms. The van der Waals surface area contributed by atoms with E-state index in [1.165, 1.54) is 16.6 Å². The zero-order chi connectivity index (χ0) is 29.1. The molecule has 1 saturated heterocycles. The van der Waals surface area contributed by atoms with Crippen molar-refractivity contribution >= 4 is 16.0 Å². The molecule has 3 aromatic rings. The number of carbonyl (C=O) groups is 1. The number of benzene rings is 3. The minimum atomic E-state index is -3.21. The van der Waals surface area contributed by atoms with Crippen molar-refractivity contribution in [3.05, 3.63) is 76.1 Å². The van der Waals surface area contributed by atoms with Gasteiger partial charge in [0.15, 0.2) is 0 Å². The SMILES string of the molecule is Cc1cc(OC2CN(S(C)(=O)=O)C2)cc(C)c1-c1ccc(F)c2c1CC[C@H]2Oc1ccc2c(c1)OCC2CC(=O)O. The van der Waals surface area contributed by atoms with Crippen molar-refractivity contribution in [1.29, 1.82) is 0 Å². The van der Waals surface area contributed by atoms with Crippen LogP contribution in [-0.4, -0.2) is 55.9 Å². The molecule has 10 heteroatoms. The molecule has 2 heterocycles. The molecule has 0 radical (unpaired) electrons. The smallest absolute Gasteiger partial charge is 0.304 e. The number of carboxylic acid groups (broad SMARTS) is 1. The largest absolute Gasteiger partial charge is 0.492 e. The van der Waals surface area contributed by atoms with Gasteiger partial charge in [-0.25, -0.2) is 12.8 Å². The first-order chi connectivity index (χ1) is 19.5. The lowest BCUT2D eigenvalue weighted by Gasteiger charge is -2.37. The number of nitrogens with zero attached hydrogens (tertiary/aromatic N) is 1. The summed E-state index contributed by atoms with van der Waals surface area (Å²) in [5.41, 5.74) is 6.31. The van der Waals surface area contributed by atoms with Gasteiger partial charge in [-0.15, -0.1) is 0 Å². The average Bonchev–Trinajstić information content (AvgIpc) is 3.46. The first-order valence-corrected chi connectivity index (χ1v) is 15.5. The number of hydrogen-bond acceptors (Lipinski definition) is 6. The molecule has 2 atom stereocenters. The number of aryl methyl sites for hydroxylation is 2. The standard InChI is InChI=1S/C31H32FNO7S/c1-17-10-21(39-22-14-33(15-22)41(3,36)37)11-18(2)30(17)24-6-8-26(32)31-25(24)7-9-27(31)40-20-4-5-23-19(12-29(34)35)16-38-28(23)13-20/h4-6,8,10-11,13,19,22,27H,7,9,12,14-16H2,1-3H3,(H,34,35)/t19?,27-/m1/s1. The molecule has 6 rings (SSSR count). The summed E-state index contributed by atoms with van der Waals surface area (Å²) in [5.74, 6) is 0.491. The second kappa shape index (κ2) is 10.3. The number of sulfonamides is 1. The van der Waals surface area contributed by atoms with E-state index < -0.39 is 22.1 Å². The fraction of sp³-hybridized carbons (Fsp3) is 0.387. The van der Waals surface area contributed by atoms with E-state index in [0.29, 0.717) is 55.4 Å². The molecule has 216 valence electrons. The molecular formula is C31H32FNO7S. The minimum absolute atomic E-state index is 0.00546. The van der Waals surface area contributed by atoms with Crippen LogP contribution in [0.2, 0.25) is 0 Å². The molecule has 0 spiro atoms. The van der Waals surface area contributed by atoms with Gasteiger partial charge in [-0.2, -0.15) is 4.31 Å². The van der Waals surface area contributed by atoms with Crippen molar-refractivity contribution in [3.8, 4) is 28.4 Å². The van der Waals surface area contributed by atoms with Crippen LogP contribution in [0.1, 0.15) is 52.7 Å². The lowest BCUT2D eigenvalue weighted by Crippen LogP contribution is -2.55. The van der Waals surface area contributed by atoms with Gasteiger partial charge in [-0.1, -0.05) is 12.1 Å². The second-order valence-corrected chi connectivity index (χ2v) is 13.2. The highest BCUT2D eigenvalue weighted by molar-refractivity contribution is 7.88. The van der Waals surface area contributed by atoms with Gasteiger partial charge < -0.3 is 19.3 Å². The van der Waals surface area contributed by atoms with Crippen molar-refractivity contribution in [2.75, 3.05) is 26.0 Å². The Balaban J connectivity index is 1.23. The van der Waals surface area contributed by atoms with Crippen molar-refractivity contribution < 1.29 is 36.9 Å². The van der Waals surface area contributed by atoms with Crippen LogP contribution in [0.4, 0.5) is 4.39 Å². The quantitative estimate of drug-likeness (QED) is 0.393. The normalized spacial score (nSPS) is 20.2. The summed E-state index contributed by atoms with van der Waals surface area (Å²) < 4.78 is 58.1. The van der Waals surface area contributed by atoms with E-state index in [1.807, 2.05) is 38.1 Å². The monoisotopic (exact) mass is 581 g/mol. The third kappa shape index (κ3) is 5.26. The maximum Gasteiger partial charge on any atom is 0.304 e. The van der Waals surface area contributed by atoms with Crippen molar-refractivity contribution in [1.82, 2.24) is 4.31 Å². The van der Waals surface area contributed by atoms with E-state index in [0.717, 1.165) is 33.4 Å². The maximum absolute atomic E-state index is 15.3. The van der Waals surface area contributed by atoms with Gasteiger partial charge in [-0.3, -0.25) is 4.79 Å². The topological polar surface area (TPSA) is 102 Å². The molecule has 1 fully saturated rings. The van der Waals surface area contributed by atoms with Crippen LogP contribution in [0.5, 0.6) is 17.2 Å². The Labute approximate surface area is 238 Å². The third-order valence-corrected chi connectivity index (χ3v) is 9.44. The summed E-state index contributed by atoms with van der Waals surface area (Å²) in [4.78, 5) is 11.2. The summed E-state index contributed by atoms with van der Waals surface area (Å²) in [6, 6.07) is 12.6. The predicted molar refractivity (Wildman–Crippen MR) is 151 cm³/mol. The average molecular weight is 582 g/mol. The third-order valence-electron chi connectivity index (χ3n) is 8.21. The van der Waals surface area contributed by atoms with Crippen LogP contribution in [0.25, 0.3) is 11.1 Å². The Kier molecular flexibility index (Phi) is 6.94. The minimum Gasteiger partial charge on any atom is -0.492 e.